The molecule has 4 rings (SSSR count). The monoisotopic (exact) mass is 446 g/mol. The van der Waals surface area contributed by atoms with Crippen molar-refractivity contribution in [2.45, 2.75) is 50.5 Å². The molecule has 2 aliphatic rings. The summed E-state index contributed by atoms with van der Waals surface area (Å²) in [6.45, 7) is 2.19. The van der Waals surface area contributed by atoms with Crippen molar-refractivity contribution in [3.05, 3.63) is 51.7 Å². The van der Waals surface area contributed by atoms with E-state index >= 15 is 0 Å². The lowest BCUT2D eigenvalue weighted by molar-refractivity contribution is -0.140. The first kappa shape index (κ1) is 21.2. The minimum Gasteiger partial charge on any atom is -0.278 e. The Balaban J connectivity index is 1.49. The third-order valence-corrected chi connectivity index (χ3v) is 8.60. The number of hydrogen-bond donors (Lipinski definition) is 1. The molecule has 1 aliphatic heterocycles. The topological polar surface area (TPSA) is 83.6 Å². The van der Waals surface area contributed by atoms with Crippen LogP contribution in [0.25, 0.3) is 0 Å². The van der Waals surface area contributed by atoms with E-state index in [0.29, 0.717) is 24.1 Å². The average Bonchev–Trinajstić information content (AvgIpc) is 3.32. The average molecular weight is 447 g/mol. The summed E-state index contributed by atoms with van der Waals surface area (Å²) < 4.78 is 28.4. The molecule has 160 valence electrons. The fourth-order valence-electron chi connectivity index (χ4n) is 4.44. The van der Waals surface area contributed by atoms with E-state index in [1.165, 1.54) is 4.90 Å². The molecule has 8 heteroatoms. The van der Waals surface area contributed by atoms with Gasteiger partial charge < -0.3 is 0 Å². The number of carbonyl (C=O) groups is 2. The molecule has 1 saturated heterocycles. The maximum Gasteiger partial charge on any atom is 0.240 e. The molecular weight excluding hydrogens is 420 g/mol. The van der Waals surface area contributed by atoms with Gasteiger partial charge in [0.1, 0.15) is 0 Å². The lowest BCUT2D eigenvalue weighted by Crippen LogP contribution is -2.31. The standard InChI is InChI=1S/C22H26N2O4S2/c1-15-8-9-16(14-24-21(25)18-6-2-3-7-19(18)22(24)26)13-20(15)30(27,28)23-11-10-17-5-4-12-29-17/h4-5,8-9,12-13,18-19,23H,2-3,6-7,10-11,14H2,1H3/t18-,19-/m1/s1. The van der Waals surface area contributed by atoms with Gasteiger partial charge in [0.25, 0.3) is 0 Å². The van der Waals surface area contributed by atoms with Crippen molar-refractivity contribution in [1.29, 1.82) is 0 Å². The molecular formula is C22H26N2O4S2. The van der Waals surface area contributed by atoms with Crippen LogP contribution in [0.2, 0.25) is 0 Å². The van der Waals surface area contributed by atoms with Crippen molar-refractivity contribution in [2.75, 3.05) is 6.54 Å². The van der Waals surface area contributed by atoms with Crippen LogP contribution in [0.5, 0.6) is 0 Å². The smallest absolute Gasteiger partial charge is 0.240 e. The lowest BCUT2D eigenvalue weighted by Gasteiger charge is -2.19. The van der Waals surface area contributed by atoms with Gasteiger partial charge in [-0.1, -0.05) is 31.0 Å². The summed E-state index contributed by atoms with van der Waals surface area (Å²) in [7, 11) is -3.68. The number of carbonyl (C=O) groups excluding carboxylic acids is 2. The second kappa shape index (κ2) is 8.61. The summed E-state index contributed by atoms with van der Waals surface area (Å²) in [5.74, 6) is -0.606. The van der Waals surface area contributed by atoms with Crippen molar-refractivity contribution in [1.82, 2.24) is 9.62 Å². The number of hydrogen-bond acceptors (Lipinski definition) is 5. The molecule has 6 nitrogen and oxygen atoms in total. The number of likely N-dealkylation sites (tertiary alicyclic amines) is 1. The predicted octanol–water partition coefficient (Wildman–Crippen LogP) is 3.25. The van der Waals surface area contributed by atoms with Gasteiger partial charge in [-0.3, -0.25) is 14.5 Å². The van der Waals surface area contributed by atoms with Crippen LogP contribution in [0.1, 0.15) is 41.7 Å². The highest BCUT2D eigenvalue weighted by Crippen LogP contribution is 2.38. The maximum atomic E-state index is 12.8. The van der Waals surface area contributed by atoms with E-state index < -0.39 is 10.0 Å². The number of rotatable bonds is 7. The second-order valence-corrected chi connectivity index (χ2v) is 10.9. The summed E-state index contributed by atoms with van der Waals surface area (Å²) in [4.78, 5) is 28.1. The maximum absolute atomic E-state index is 12.8. The fraction of sp³-hybridized carbons (Fsp3) is 0.455. The third kappa shape index (κ3) is 4.22. The summed E-state index contributed by atoms with van der Waals surface area (Å²) >= 11 is 1.60. The van der Waals surface area contributed by atoms with Crippen molar-refractivity contribution in [3.8, 4) is 0 Å². The summed E-state index contributed by atoms with van der Waals surface area (Å²) in [6.07, 6.45) is 4.15. The Morgan fingerprint density at radius 1 is 1.10 bits per heavy atom. The molecule has 0 spiro atoms. The molecule has 2 atom stereocenters. The molecule has 2 fully saturated rings. The Hall–Kier alpha value is -2.03. The highest BCUT2D eigenvalue weighted by Gasteiger charge is 2.47. The molecule has 2 amide bonds. The van der Waals surface area contributed by atoms with Crippen molar-refractivity contribution < 1.29 is 18.0 Å². The fourth-order valence-corrected chi connectivity index (χ4v) is 6.48. The van der Waals surface area contributed by atoms with Crippen molar-refractivity contribution >= 4 is 33.2 Å². The van der Waals surface area contributed by atoms with Crippen molar-refractivity contribution in [2.24, 2.45) is 11.8 Å². The van der Waals surface area contributed by atoms with E-state index in [1.807, 2.05) is 17.5 Å². The first-order valence-electron chi connectivity index (χ1n) is 10.3. The molecule has 1 aromatic heterocycles. The zero-order chi connectivity index (χ0) is 21.3. The van der Waals surface area contributed by atoms with Crippen LogP contribution >= 0.6 is 11.3 Å². The molecule has 1 aliphatic carbocycles. The molecule has 1 aromatic carbocycles. The number of nitrogens with zero attached hydrogens (tertiary/aromatic N) is 1. The quantitative estimate of drug-likeness (QED) is 0.662. The summed E-state index contributed by atoms with van der Waals surface area (Å²) in [6, 6.07) is 9.04. The van der Waals surface area contributed by atoms with Crippen LogP contribution in [0.3, 0.4) is 0 Å². The van der Waals surface area contributed by atoms with E-state index in [2.05, 4.69) is 4.72 Å². The van der Waals surface area contributed by atoms with Gasteiger partial charge in [0.05, 0.1) is 23.3 Å². The number of thiophene rings is 1. The van der Waals surface area contributed by atoms with E-state index in [1.54, 1.807) is 36.5 Å². The summed E-state index contributed by atoms with van der Waals surface area (Å²) in [5.41, 5.74) is 1.29. The molecule has 0 radical (unpaired) electrons. The van der Waals surface area contributed by atoms with Crippen LogP contribution in [0, 0.1) is 18.8 Å². The Kier molecular flexibility index (Phi) is 6.09. The second-order valence-electron chi connectivity index (χ2n) is 8.09. The SMILES string of the molecule is Cc1ccc(CN2C(=O)[C@@H]3CCCC[C@H]3C2=O)cc1S(=O)(=O)NCCc1cccs1. The molecule has 2 aromatic rings. The number of fused-ring (bicyclic) bond motifs is 1. The highest BCUT2D eigenvalue weighted by atomic mass is 32.2. The van der Waals surface area contributed by atoms with Gasteiger partial charge in [-0.25, -0.2) is 13.1 Å². The van der Waals surface area contributed by atoms with E-state index in [4.69, 9.17) is 0 Å². The minimum absolute atomic E-state index is 0.108. The Labute approximate surface area is 181 Å². The minimum atomic E-state index is -3.68. The third-order valence-electron chi connectivity index (χ3n) is 6.06. The first-order chi connectivity index (χ1) is 14.4. The highest BCUT2D eigenvalue weighted by molar-refractivity contribution is 7.89. The van der Waals surface area contributed by atoms with Gasteiger partial charge >= 0.3 is 0 Å². The number of aryl methyl sites for hydroxylation is 1. The zero-order valence-corrected chi connectivity index (χ0v) is 18.6. The molecule has 30 heavy (non-hydrogen) atoms. The molecule has 2 heterocycles. The zero-order valence-electron chi connectivity index (χ0n) is 17.0. The number of amides is 2. The van der Waals surface area contributed by atoms with Gasteiger partial charge in [0, 0.05) is 11.4 Å². The van der Waals surface area contributed by atoms with Crippen LogP contribution in [-0.2, 0) is 32.6 Å². The molecule has 1 saturated carbocycles. The number of imide groups is 1. The predicted molar refractivity (Wildman–Crippen MR) is 115 cm³/mol. The van der Waals surface area contributed by atoms with Gasteiger partial charge in [-0.15, -0.1) is 11.3 Å². The van der Waals surface area contributed by atoms with Gasteiger partial charge in [0.2, 0.25) is 21.8 Å². The molecule has 0 unspecified atom stereocenters. The van der Waals surface area contributed by atoms with E-state index in [9.17, 15) is 18.0 Å². The van der Waals surface area contributed by atoms with Gasteiger partial charge in [-0.05, 0) is 54.8 Å². The van der Waals surface area contributed by atoms with Gasteiger partial charge in [0.15, 0.2) is 0 Å². The van der Waals surface area contributed by atoms with E-state index in [0.717, 1.165) is 30.6 Å². The largest absolute Gasteiger partial charge is 0.278 e. The Morgan fingerprint density at radius 3 is 2.43 bits per heavy atom. The lowest BCUT2D eigenvalue weighted by atomic mass is 9.81. The Morgan fingerprint density at radius 2 is 1.80 bits per heavy atom. The molecule has 0 bridgehead atoms. The van der Waals surface area contributed by atoms with Gasteiger partial charge in [-0.2, -0.15) is 0 Å². The van der Waals surface area contributed by atoms with E-state index in [-0.39, 0.29) is 35.1 Å². The summed E-state index contributed by atoms with van der Waals surface area (Å²) in [5, 5.41) is 1.97. The van der Waals surface area contributed by atoms with Crippen LogP contribution in [0.15, 0.2) is 40.6 Å². The van der Waals surface area contributed by atoms with Crippen molar-refractivity contribution in [3.63, 3.8) is 0 Å². The van der Waals surface area contributed by atoms with Crippen LogP contribution < -0.4 is 4.72 Å². The Bertz CT molecular complexity index is 1020. The number of benzene rings is 1. The number of sulfonamides is 1. The molecule has 1 N–H and O–H groups in total. The van der Waals surface area contributed by atoms with Crippen LogP contribution in [-0.4, -0.2) is 31.7 Å². The number of nitrogens with one attached hydrogen (secondary N) is 1. The first-order valence-corrected chi connectivity index (χ1v) is 12.7. The normalized spacial score (nSPS) is 21.8. The van der Waals surface area contributed by atoms with Crippen LogP contribution in [0.4, 0.5) is 0 Å².